The predicted molar refractivity (Wildman–Crippen MR) is 127 cm³/mol. The zero-order chi connectivity index (χ0) is 23.1. The summed E-state index contributed by atoms with van der Waals surface area (Å²) >= 11 is 0. The Kier molecular flexibility index (Phi) is 5.26. The van der Waals surface area contributed by atoms with Crippen molar-refractivity contribution >= 4 is 16.9 Å². The highest BCUT2D eigenvalue weighted by atomic mass is 16.4. The van der Waals surface area contributed by atoms with Crippen LogP contribution in [0.5, 0.6) is 5.75 Å². The molecule has 0 amide bonds. The van der Waals surface area contributed by atoms with E-state index in [1.165, 1.54) is 5.56 Å². The first-order chi connectivity index (χ1) is 15.9. The van der Waals surface area contributed by atoms with Crippen molar-refractivity contribution in [3.05, 3.63) is 86.8 Å². The number of rotatable bonds is 5. The lowest BCUT2D eigenvalue weighted by molar-refractivity contribution is 0.0691. The number of aromatic amines is 1. The quantitative estimate of drug-likeness (QED) is 0.376. The van der Waals surface area contributed by atoms with Gasteiger partial charge >= 0.3 is 5.97 Å². The SMILES string of the molecule is Cn1c(CNCc2ccccc2)cc2cc3c(cc21)CCCc1c-3[nH]c(=O)c(C(=O)O)c1O. The molecular formula is C26H25N3O4. The Bertz CT molecular complexity index is 1430. The largest absolute Gasteiger partial charge is 0.506 e. The molecule has 4 aromatic rings. The molecule has 2 aromatic heterocycles. The molecule has 0 atom stereocenters. The first kappa shape index (κ1) is 21.0. The molecule has 0 spiro atoms. The molecule has 4 N–H and O–H groups in total. The number of aromatic hydroxyl groups is 1. The Labute approximate surface area is 190 Å². The molecule has 1 aliphatic carbocycles. The summed E-state index contributed by atoms with van der Waals surface area (Å²) in [6.45, 7) is 1.49. The van der Waals surface area contributed by atoms with E-state index in [1.54, 1.807) is 0 Å². The number of carboxylic acid groups (broad SMARTS) is 1. The molecule has 0 radical (unpaired) electrons. The van der Waals surface area contributed by atoms with Crippen LogP contribution in [-0.2, 0) is 33.0 Å². The maximum atomic E-state index is 12.4. The van der Waals surface area contributed by atoms with E-state index in [1.807, 2.05) is 31.3 Å². The third-order valence-corrected chi connectivity index (χ3v) is 6.49. The Morgan fingerprint density at radius 3 is 2.67 bits per heavy atom. The van der Waals surface area contributed by atoms with Crippen LogP contribution in [0.15, 0.2) is 53.3 Å². The van der Waals surface area contributed by atoms with Crippen LogP contribution in [0.1, 0.15) is 39.2 Å². The maximum absolute atomic E-state index is 12.4. The number of hydrogen-bond acceptors (Lipinski definition) is 4. The lowest BCUT2D eigenvalue weighted by atomic mass is 9.98. The molecule has 0 saturated heterocycles. The van der Waals surface area contributed by atoms with E-state index >= 15 is 0 Å². The van der Waals surface area contributed by atoms with Crippen molar-refractivity contribution in [2.45, 2.75) is 32.4 Å². The van der Waals surface area contributed by atoms with E-state index < -0.39 is 22.8 Å². The van der Waals surface area contributed by atoms with Crippen molar-refractivity contribution in [2.24, 2.45) is 7.05 Å². The average Bonchev–Trinajstić information content (AvgIpc) is 2.97. The predicted octanol–water partition coefficient (Wildman–Crippen LogP) is 3.72. The van der Waals surface area contributed by atoms with E-state index in [-0.39, 0.29) is 0 Å². The number of hydrogen-bond donors (Lipinski definition) is 4. The van der Waals surface area contributed by atoms with Gasteiger partial charge in [0.05, 0.1) is 5.69 Å². The second-order valence-electron chi connectivity index (χ2n) is 8.54. The third kappa shape index (κ3) is 3.70. The van der Waals surface area contributed by atoms with Gasteiger partial charge in [-0.1, -0.05) is 30.3 Å². The van der Waals surface area contributed by atoms with Crippen molar-refractivity contribution in [3.63, 3.8) is 0 Å². The van der Waals surface area contributed by atoms with E-state index in [0.717, 1.165) is 47.1 Å². The van der Waals surface area contributed by atoms with Gasteiger partial charge in [-0.3, -0.25) is 4.79 Å². The van der Waals surface area contributed by atoms with E-state index in [0.29, 0.717) is 24.2 Å². The van der Waals surface area contributed by atoms with Gasteiger partial charge < -0.3 is 25.1 Å². The van der Waals surface area contributed by atoms with Gasteiger partial charge in [0.25, 0.3) is 5.56 Å². The fraction of sp³-hybridized carbons (Fsp3) is 0.231. The molecule has 1 aliphatic rings. The molecule has 5 rings (SSSR count). The number of carbonyl (C=O) groups is 1. The summed E-state index contributed by atoms with van der Waals surface area (Å²) in [6.07, 6.45) is 2.02. The lowest BCUT2D eigenvalue weighted by Crippen LogP contribution is -2.20. The summed E-state index contributed by atoms with van der Waals surface area (Å²) in [5.74, 6) is -1.85. The Morgan fingerprint density at radius 1 is 1.12 bits per heavy atom. The Hall–Kier alpha value is -3.84. The molecule has 2 heterocycles. The van der Waals surface area contributed by atoms with Crippen LogP contribution >= 0.6 is 0 Å². The van der Waals surface area contributed by atoms with Crippen LogP contribution in [0.3, 0.4) is 0 Å². The number of nitrogens with zero attached hydrogens (tertiary/aromatic N) is 1. The van der Waals surface area contributed by atoms with Gasteiger partial charge in [-0.25, -0.2) is 4.79 Å². The van der Waals surface area contributed by atoms with Crippen molar-refractivity contribution in [1.82, 2.24) is 14.9 Å². The highest BCUT2D eigenvalue weighted by molar-refractivity contribution is 5.93. The summed E-state index contributed by atoms with van der Waals surface area (Å²) < 4.78 is 2.17. The monoisotopic (exact) mass is 443 g/mol. The summed E-state index contributed by atoms with van der Waals surface area (Å²) in [5.41, 5.74) is 5.01. The van der Waals surface area contributed by atoms with Crippen LogP contribution in [0.25, 0.3) is 22.2 Å². The highest BCUT2D eigenvalue weighted by Gasteiger charge is 2.26. The van der Waals surface area contributed by atoms with Gasteiger partial charge in [0.1, 0.15) is 5.75 Å². The van der Waals surface area contributed by atoms with Crippen LogP contribution in [-0.4, -0.2) is 25.7 Å². The summed E-state index contributed by atoms with van der Waals surface area (Å²) in [4.78, 5) is 26.6. The van der Waals surface area contributed by atoms with Gasteiger partial charge in [0.15, 0.2) is 5.56 Å². The molecule has 0 bridgehead atoms. The van der Waals surface area contributed by atoms with Crippen molar-refractivity contribution in [1.29, 1.82) is 0 Å². The number of H-pyrrole nitrogens is 1. The number of aromatic carboxylic acids is 1. The number of benzene rings is 2. The molecule has 0 saturated carbocycles. The van der Waals surface area contributed by atoms with Crippen molar-refractivity contribution in [2.75, 3.05) is 0 Å². The standard InChI is InChI=1S/C26H25N3O4/c1-29-18(14-27-13-15-6-3-2-4-7-15)10-17-11-20-16(12-21(17)29)8-5-9-19-23(20)28-25(31)22(24(19)30)26(32)33/h2-4,6-7,10-12,27H,5,8-9,13-14H2,1H3,(H,32,33)(H2,28,30,31). The third-order valence-electron chi connectivity index (χ3n) is 6.49. The fourth-order valence-corrected chi connectivity index (χ4v) is 4.78. The number of aryl methyl sites for hydroxylation is 2. The minimum Gasteiger partial charge on any atom is -0.506 e. The van der Waals surface area contributed by atoms with Crippen LogP contribution in [0, 0.1) is 0 Å². The van der Waals surface area contributed by atoms with E-state index in [2.05, 4.69) is 39.1 Å². The number of nitrogens with one attached hydrogen (secondary N) is 2. The zero-order valence-electron chi connectivity index (χ0n) is 18.3. The van der Waals surface area contributed by atoms with Crippen molar-refractivity contribution < 1.29 is 15.0 Å². The Morgan fingerprint density at radius 2 is 1.91 bits per heavy atom. The number of aromatic nitrogens is 2. The maximum Gasteiger partial charge on any atom is 0.345 e. The van der Waals surface area contributed by atoms with Gasteiger partial charge in [-0.2, -0.15) is 0 Å². The Balaban J connectivity index is 1.54. The zero-order valence-corrected chi connectivity index (χ0v) is 18.3. The second-order valence-corrected chi connectivity index (χ2v) is 8.54. The van der Waals surface area contributed by atoms with Gasteiger partial charge in [-0.15, -0.1) is 0 Å². The fourth-order valence-electron chi connectivity index (χ4n) is 4.78. The molecule has 33 heavy (non-hydrogen) atoms. The molecule has 7 heteroatoms. The molecule has 2 aromatic carbocycles. The van der Waals surface area contributed by atoms with Gasteiger partial charge in [-0.05, 0) is 48.6 Å². The minimum atomic E-state index is -1.42. The topological polar surface area (TPSA) is 107 Å². The number of carboxylic acids is 1. The molecule has 7 nitrogen and oxygen atoms in total. The first-order valence-corrected chi connectivity index (χ1v) is 11.0. The van der Waals surface area contributed by atoms with Crippen LogP contribution in [0.2, 0.25) is 0 Å². The molecule has 0 aliphatic heterocycles. The van der Waals surface area contributed by atoms with Crippen LogP contribution < -0.4 is 10.9 Å². The number of fused-ring (bicyclic) bond motifs is 4. The van der Waals surface area contributed by atoms with Crippen LogP contribution in [0.4, 0.5) is 0 Å². The molecule has 0 unspecified atom stereocenters. The molecule has 0 fully saturated rings. The average molecular weight is 444 g/mol. The van der Waals surface area contributed by atoms with Crippen molar-refractivity contribution in [3.8, 4) is 17.0 Å². The normalized spacial score (nSPS) is 12.9. The number of pyridine rings is 1. The lowest BCUT2D eigenvalue weighted by Gasteiger charge is -2.13. The smallest absolute Gasteiger partial charge is 0.345 e. The highest BCUT2D eigenvalue weighted by Crippen LogP contribution is 2.38. The molecule has 168 valence electrons. The first-order valence-electron chi connectivity index (χ1n) is 11.0. The summed E-state index contributed by atoms with van der Waals surface area (Å²) in [5, 5.41) is 24.4. The summed E-state index contributed by atoms with van der Waals surface area (Å²) in [6, 6.07) is 16.5. The van der Waals surface area contributed by atoms with Gasteiger partial charge in [0, 0.05) is 47.9 Å². The van der Waals surface area contributed by atoms with E-state index in [9.17, 15) is 19.8 Å². The molecular weight excluding hydrogens is 418 g/mol. The summed E-state index contributed by atoms with van der Waals surface area (Å²) in [7, 11) is 2.05. The second kappa shape index (κ2) is 8.26. The minimum absolute atomic E-state index is 0.423. The van der Waals surface area contributed by atoms with Gasteiger partial charge in [0.2, 0.25) is 0 Å². The van der Waals surface area contributed by atoms with E-state index in [4.69, 9.17) is 0 Å².